The lowest BCUT2D eigenvalue weighted by Gasteiger charge is -2.39. The Labute approximate surface area is 97.1 Å². The second kappa shape index (κ2) is 4.63. The van der Waals surface area contributed by atoms with E-state index in [1.807, 2.05) is 6.92 Å². The molecule has 4 nitrogen and oxygen atoms in total. The molecule has 1 spiro atoms. The van der Waals surface area contributed by atoms with Crippen LogP contribution >= 0.6 is 0 Å². The lowest BCUT2D eigenvalue weighted by atomic mass is 9.78. The van der Waals surface area contributed by atoms with Crippen molar-refractivity contribution in [3.05, 3.63) is 11.4 Å². The molecule has 0 radical (unpaired) electrons. The molecule has 0 aromatic carbocycles. The fraction of sp³-hybridized carbons (Fsp3) is 0.833. The second-order valence-corrected chi connectivity index (χ2v) is 5.11. The van der Waals surface area contributed by atoms with Gasteiger partial charge in [-0.2, -0.15) is 0 Å². The molecule has 2 rings (SSSR count). The predicted octanol–water partition coefficient (Wildman–Crippen LogP) is 0.671. The van der Waals surface area contributed by atoms with Crippen molar-refractivity contribution >= 4 is 0 Å². The van der Waals surface area contributed by atoms with Crippen LogP contribution < -0.4 is 5.73 Å². The van der Waals surface area contributed by atoms with Crippen molar-refractivity contribution in [1.29, 1.82) is 0 Å². The number of rotatable bonds is 2. The normalized spacial score (nSPS) is 26.0. The van der Waals surface area contributed by atoms with Crippen molar-refractivity contribution in [1.82, 2.24) is 4.90 Å². The van der Waals surface area contributed by atoms with E-state index in [2.05, 4.69) is 4.90 Å². The Kier molecular flexibility index (Phi) is 3.40. The summed E-state index contributed by atoms with van der Waals surface area (Å²) >= 11 is 0. The summed E-state index contributed by atoms with van der Waals surface area (Å²) in [5.41, 5.74) is 7.30. The first-order valence-corrected chi connectivity index (χ1v) is 6.06. The van der Waals surface area contributed by atoms with E-state index in [0.29, 0.717) is 5.41 Å². The Balaban J connectivity index is 1.94. The Hall–Kier alpha value is -0.740. The third-order valence-electron chi connectivity index (χ3n) is 4.02. The molecule has 0 bridgehead atoms. The molecule has 2 fully saturated rings. The van der Waals surface area contributed by atoms with Crippen LogP contribution in [0, 0.1) is 5.41 Å². The van der Waals surface area contributed by atoms with Crippen LogP contribution in [0.2, 0.25) is 0 Å². The Morgan fingerprint density at radius 3 is 2.56 bits per heavy atom. The fourth-order valence-electron chi connectivity index (χ4n) is 2.62. The molecule has 2 heterocycles. The molecule has 0 aliphatic carbocycles. The molecular weight excluding hydrogens is 204 g/mol. The standard InChI is InChI=1S/C12H22N2O2/c1-10(8-15)11(13)14-5-2-12(3-6-14)4-7-16-9-12/h15H,2-9,13H2,1H3. The summed E-state index contributed by atoms with van der Waals surface area (Å²) < 4.78 is 5.50. The third kappa shape index (κ3) is 2.18. The highest BCUT2D eigenvalue weighted by molar-refractivity contribution is 5.09. The molecule has 2 aliphatic heterocycles. The molecule has 16 heavy (non-hydrogen) atoms. The first-order valence-electron chi connectivity index (χ1n) is 6.06. The quantitative estimate of drug-likeness (QED) is 0.726. The van der Waals surface area contributed by atoms with Gasteiger partial charge in [-0.1, -0.05) is 0 Å². The van der Waals surface area contributed by atoms with E-state index >= 15 is 0 Å². The number of hydrogen-bond acceptors (Lipinski definition) is 4. The predicted molar refractivity (Wildman–Crippen MR) is 62.6 cm³/mol. The number of likely N-dealkylation sites (tertiary alicyclic amines) is 1. The van der Waals surface area contributed by atoms with Gasteiger partial charge in [0.15, 0.2) is 0 Å². The SMILES string of the molecule is CC(CO)=C(N)N1CCC2(CCOC2)CC1. The molecule has 0 saturated carbocycles. The van der Waals surface area contributed by atoms with Crippen LogP contribution in [0.4, 0.5) is 0 Å². The first kappa shape index (κ1) is 11.7. The summed E-state index contributed by atoms with van der Waals surface area (Å²) in [6, 6.07) is 0. The number of nitrogens with two attached hydrogens (primary N) is 1. The smallest absolute Gasteiger partial charge is 0.0998 e. The first-order chi connectivity index (χ1) is 7.67. The van der Waals surface area contributed by atoms with Crippen molar-refractivity contribution in [2.45, 2.75) is 26.2 Å². The highest BCUT2D eigenvalue weighted by Crippen LogP contribution is 2.39. The van der Waals surface area contributed by atoms with Crippen LogP contribution in [-0.2, 0) is 4.74 Å². The third-order valence-corrected chi connectivity index (χ3v) is 4.02. The molecule has 0 atom stereocenters. The summed E-state index contributed by atoms with van der Waals surface area (Å²) in [5.74, 6) is 0.760. The van der Waals surface area contributed by atoms with Crippen LogP contribution in [0.15, 0.2) is 11.4 Å². The minimum Gasteiger partial charge on any atom is -0.392 e. The van der Waals surface area contributed by atoms with Gasteiger partial charge in [-0.05, 0) is 37.2 Å². The van der Waals surface area contributed by atoms with E-state index < -0.39 is 0 Å². The molecular formula is C12H22N2O2. The maximum Gasteiger partial charge on any atom is 0.0998 e. The van der Waals surface area contributed by atoms with Gasteiger partial charge in [-0.15, -0.1) is 0 Å². The zero-order valence-corrected chi connectivity index (χ0v) is 10.0. The maximum atomic E-state index is 9.06. The summed E-state index contributed by atoms with van der Waals surface area (Å²) in [6.45, 7) is 5.76. The lowest BCUT2D eigenvalue weighted by molar-refractivity contribution is 0.0933. The number of nitrogens with zero attached hydrogens (tertiary/aromatic N) is 1. The summed E-state index contributed by atoms with van der Waals surface area (Å²) in [4.78, 5) is 2.19. The van der Waals surface area contributed by atoms with Crippen molar-refractivity contribution in [3.8, 4) is 0 Å². The number of piperidine rings is 1. The Bertz CT molecular complexity index is 273. The molecule has 3 N–H and O–H groups in total. The van der Waals surface area contributed by atoms with E-state index in [1.54, 1.807) is 0 Å². The van der Waals surface area contributed by atoms with Gasteiger partial charge < -0.3 is 20.5 Å². The van der Waals surface area contributed by atoms with Crippen LogP contribution in [0.3, 0.4) is 0 Å². The van der Waals surface area contributed by atoms with E-state index in [9.17, 15) is 0 Å². The van der Waals surface area contributed by atoms with E-state index in [-0.39, 0.29) is 6.61 Å². The van der Waals surface area contributed by atoms with E-state index in [1.165, 1.54) is 6.42 Å². The summed E-state index contributed by atoms with van der Waals surface area (Å²) in [7, 11) is 0. The Morgan fingerprint density at radius 2 is 2.06 bits per heavy atom. The number of aliphatic hydroxyl groups excluding tert-OH is 1. The molecule has 0 aromatic heterocycles. The maximum absolute atomic E-state index is 9.06. The molecule has 2 aliphatic rings. The average molecular weight is 226 g/mol. The summed E-state index contributed by atoms with van der Waals surface area (Å²) in [6.07, 6.45) is 3.52. The zero-order chi connectivity index (χ0) is 11.6. The summed E-state index contributed by atoms with van der Waals surface area (Å²) in [5, 5.41) is 9.06. The van der Waals surface area contributed by atoms with Gasteiger partial charge in [0, 0.05) is 19.7 Å². The van der Waals surface area contributed by atoms with E-state index in [4.69, 9.17) is 15.6 Å². The molecule has 0 aromatic rings. The Morgan fingerprint density at radius 1 is 1.38 bits per heavy atom. The fourth-order valence-corrected chi connectivity index (χ4v) is 2.62. The number of aliphatic hydroxyl groups is 1. The number of ether oxygens (including phenoxy) is 1. The minimum atomic E-state index is 0.0522. The largest absolute Gasteiger partial charge is 0.392 e. The van der Waals surface area contributed by atoms with Gasteiger partial charge in [0.05, 0.1) is 19.0 Å². The monoisotopic (exact) mass is 226 g/mol. The molecule has 0 amide bonds. The van der Waals surface area contributed by atoms with Crippen molar-refractivity contribution in [2.24, 2.45) is 11.1 Å². The van der Waals surface area contributed by atoms with Crippen LogP contribution in [0.25, 0.3) is 0 Å². The van der Waals surface area contributed by atoms with Crippen LogP contribution in [-0.4, -0.2) is 42.9 Å². The van der Waals surface area contributed by atoms with Gasteiger partial charge in [0.25, 0.3) is 0 Å². The molecule has 0 unspecified atom stereocenters. The molecule has 92 valence electrons. The van der Waals surface area contributed by atoms with Crippen LogP contribution in [0.1, 0.15) is 26.2 Å². The second-order valence-electron chi connectivity index (χ2n) is 5.11. The topological polar surface area (TPSA) is 58.7 Å². The molecule has 2 saturated heterocycles. The minimum absolute atomic E-state index is 0.0522. The van der Waals surface area contributed by atoms with Crippen molar-refractivity contribution in [3.63, 3.8) is 0 Å². The van der Waals surface area contributed by atoms with Gasteiger partial charge in [-0.3, -0.25) is 0 Å². The van der Waals surface area contributed by atoms with Gasteiger partial charge >= 0.3 is 0 Å². The van der Waals surface area contributed by atoms with E-state index in [0.717, 1.165) is 50.5 Å². The van der Waals surface area contributed by atoms with Gasteiger partial charge in [-0.25, -0.2) is 0 Å². The van der Waals surface area contributed by atoms with Crippen molar-refractivity contribution < 1.29 is 9.84 Å². The van der Waals surface area contributed by atoms with Gasteiger partial charge in [0.1, 0.15) is 0 Å². The highest BCUT2D eigenvalue weighted by atomic mass is 16.5. The van der Waals surface area contributed by atoms with Crippen LogP contribution in [0.5, 0.6) is 0 Å². The lowest BCUT2D eigenvalue weighted by Crippen LogP contribution is -2.42. The average Bonchev–Trinajstić information content (AvgIpc) is 2.77. The number of hydrogen-bond donors (Lipinski definition) is 2. The highest BCUT2D eigenvalue weighted by Gasteiger charge is 2.38. The molecule has 4 heteroatoms. The van der Waals surface area contributed by atoms with Gasteiger partial charge in [0.2, 0.25) is 0 Å². The van der Waals surface area contributed by atoms with Crippen molar-refractivity contribution in [2.75, 3.05) is 32.9 Å². The zero-order valence-electron chi connectivity index (χ0n) is 10.0.